The normalized spacial score (nSPS) is 28.9. The van der Waals surface area contributed by atoms with Gasteiger partial charge in [-0.3, -0.25) is 4.79 Å². The lowest BCUT2D eigenvalue weighted by Gasteiger charge is -2.14. The molecule has 3 atom stereocenters. The summed E-state index contributed by atoms with van der Waals surface area (Å²) in [6, 6.07) is 1.74. The molecule has 0 spiro atoms. The number of rotatable bonds is 2. The Hall–Kier alpha value is -1.01. The fourth-order valence-corrected chi connectivity index (χ4v) is 2.70. The molecule has 1 unspecified atom stereocenters. The van der Waals surface area contributed by atoms with E-state index in [0.29, 0.717) is 23.3 Å². The van der Waals surface area contributed by atoms with Crippen LogP contribution >= 0.6 is 15.9 Å². The van der Waals surface area contributed by atoms with E-state index >= 15 is 0 Å². The van der Waals surface area contributed by atoms with Crippen LogP contribution in [0.25, 0.3) is 0 Å². The smallest absolute Gasteiger partial charge is 0.242 e. The van der Waals surface area contributed by atoms with Gasteiger partial charge < -0.3 is 10.6 Å². The lowest BCUT2D eigenvalue weighted by atomic mass is 10.1. The number of carbonyl (C=O) groups is 1. The van der Waals surface area contributed by atoms with Gasteiger partial charge in [-0.15, -0.1) is 0 Å². The van der Waals surface area contributed by atoms with Crippen LogP contribution in [-0.4, -0.2) is 23.0 Å². The Morgan fingerprint density at radius 1 is 1.61 bits per heavy atom. The minimum atomic E-state index is -0.425. The Morgan fingerprint density at radius 3 is 3.06 bits per heavy atom. The summed E-state index contributed by atoms with van der Waals surface area (Å²) in [7, 11) is 0. The predicted molar refractivity (Wildman–Crippen MR) is 68.7 cm³/mol. The van der Waals surface area contributed by atoms with Crippen LogP contribution in [-0.2, 0) is 4.79 Å². The molecule has 1 saturated heterocycles. The summed E-state index contributed by atoms with van der Waals surface area (Å²) in [6.07, 6.45) is 2.07. The molecule has 2 N–H and O–H groups in total. The van der Waals surface area contributed by atoms with E-state index in [1.165, 1.54) is 12.5 Å². The van der Waals surface area contributed by atoms with E-state index in [4.69, 9.17) is 0 Å². The molecule has 0 radical (unpaired) electrons. The van der Waals surface area contributed by atoms with Gasteiger partial charge in [0.2, 0.25) is 5.91 Å². The number of carbonyl (C=O) groups excluding carboxylic acids is 1. The molecular formula is C12H13BrFN3O. The van der Waals surface area contributed by atoms with E-state index in [9.17, 15) is 9.18 Å². The van der Waals surface area contributed by atoms with E-state index in [1.54, 1.807) is 6.92 Å². The highest BCUT2D eigenvalue weighted by molar-refractivity contribution is 9.10. The molecule has 0 aromatic carbocycles. The second-order valence-electron chi connectivity index (χ2n) is 4.97. The van der Waals surface area contributed by atoms with E-state index in [2.05, 4.69) is 31.5 Å². The number of nitrogens with one attached hydrogen (secondary N) is 2. The van der Waals surface area contributed by atoms with Gasteiger partial charge in [0, 0.05) is 6.04 Å². The number of hydrogen-bond acceptors (Lipinski definition) is 3. The number of anilines is 1. The van der Waals surface area contributed by atoms with Gasteiger partial charge in [0.15, 0.2) is 5.82 Å². The standard InChI is InChI=1S/C12H13BrFN3O/c1-5-2-7(14)10(13)16-11(5)17-12(18)9-4-6-3-8(6)15-9/h2,6,8-9,15H,3-4H2,1H3,(H,16,17,18)/t6?,8-,9+/m1/s1. The van der Waals surface area contributed by atoms with Crippen molar-refractivity contribution in [3.8, 4) is 0 Å². The fourth-order valence-electron chi connectivity index (χ4n) is 2.41. The molecule has 1 aromatic heterocycles. The highest BCUT2D eigenvalue weighted by atomic mass is 79.9. The summed E-state index contributed by atoms with van der Waals surface area (Å²) in [5.41, 5.74) is 0.618. The number of nitrogens with zero attached hydrogens (tertiary/aromatic N) is 1. The van der Waals surface area contributed by atoms with Gasteiger partial charge in [-0.25, -0.2) is 9.37 Å². The molecule has 1 aliphatic heterocycles. The molecule has 2 aliphatic rings. The minimum Gasteiger partial charge on any atom is -0.309 e. The molecule has 6 heteroatoms. The van der Waals surface area contributed by atoms with Crippen LogP contribution in [0.5, 0.6) is 0 Å². The van der Waals surface area contributed by atoms with Gasteiger partial charge >= 0.3 is 0 Å². The van der Waals surface area contributed by atoms with Crippen molar-refractivity contribution >= 4 is 27.7 Å². The summed E-state index contributed by atoms with van der Waals surface area (Å²) in [5, 5.41) is 6.02. The molecule has 0 bridgehead atoms. The number of amides is 1. The molecule has 1 aliphatic carbocycles. The zero-order chi connectivity index (χ0) is 12.9. The molecule has 1 amide bonds. The Balaban J connectivity index is 1.72. The average Bonchev–Trinajstić information content (AvgIpc) is 2.93. The van der Waals surface area contributed by atoms with Crippen LogP contribution in [0.3, 0.4) is 0 Å². The molecule has 3 rings (SSSR count). The number of piperidine rings is 1. The van der Waals surface area contributed by atoms with Crippen LogP contribution in [0.4, 0.5) is 10.2 Å². The van der Waals surface area contributed by atoms with Crippen molar-refractivity contribution in [1.29, 1.82) is 0 Å². The number of aromatic nitrogens is 1. The number of halogens is 2. The molecule has 4 nitrogen and oxygen atoms in total. The number of pyridine rings is 1. The summed E-state index contributed by atoms with van der Waals surface area (Å²) in [5.74, 6) is 0.562. The van der Waals surface area contributed by atoms with E-state index in [0.717, 1.165) is 6.42 Å². The first-order valence-corrected chi connectivity index (χ1v) is 6.73. The van der Waals surface area contributed by atoms with Gasteiger partial charge in [-0.05, 0) is 53.2 Å². The third kappa shape index (κ3) is 2.14. The maximum absolute atomic E-state index is 13.2. The molecular weight excluding hydrogens is 301 g/mol. The number of fused-ring (bicyclic) bond motifs is 1. The summed E-state index contributed by atoms with van der Waals surface area (Å²) >= 11 is 3.02. The van der Waals surface area contributed by atoms with Crippen LogP contribution in [0.15, 0.2) is 10.7 Å². The van der Waals surface area contributed by atoms with Gasteiger partial charge in [-0.1, -0.05) is 0 Å². The van der Waals surface area contributed by atoms with Gasteiger partial charge in [-0.2, -0.15) is 0 Å². The van der Waals surface area contributed by atoms with Gasteiger partial charge in [0.05, 0.1) is 6.04 Å². The van der Waals surface area contributed by atoms with E-state index in [-0.39, 0.29) is 16.6 Å². The van der Waals surface area contributed by atoms with Crippen LogP contribution in [0, 0.1) is 18.7 Å². The van der Waals surface area contributed by atoms with Gasteiger partial charge in [0.1, 0.15) is 10.4 Å². The minimum absolute atomic E-state index is 0.0868. The third-order valence-corrected chi connectivity index (χ3v) is 4.11. The van der Waals surface area contributed by atoms with Crippen LogP contribution < -0.4 is 10.6 Å². The van der Waals surface area contributed by atoms with E-state index in [1.807, 2.05) is 0 Å². The van der Waals surface area contributed by atoms with Crippen molar-refractivity contribution in [1.82, 2.24) is 10.3 Å². The fraction of sp³-hybridized carbons (Fsp3) is 0.500. The largest absolute Gasteiger partial charge is 0.309 e. The first-order chi connectivity index (χ1) is 8.54. The zero-order valence-electron chi connectivity index (χ0n) is 9.84. The quantitative estimate of drug-likeness (QED) is 0.821. The second-order valence-corrected chi connectivity index (χ2v) is 5.72. The molecule has 96 valence electrons. The Bertz CT molecular complexity index is 512. The van der Waals surface area contributed by atoms with Crippen molar-refractivity contribution in [2.75, 3.05) is 5.32 Å². The lowest BCUT2D eigenvalue weighted by molar-refractivity contribution is -0.118. The van der Waals surface area contributed by atoms with Crippen LogP contribution in [0.2, 0.25) is 0 Å². The van der Waals surface area contributed by atoms with Crippen molar-refractivity contribution < 1.29 is 9.18 Å². The summed E-state index contributed by atoms with van der Waals surface area (Å²) < 4.78 is 13.3. The van der Waals surface area contributed by atoms with E-state index < -0.39 is 5.82 Å². The summed E-state index contributed by atoms with van der Waals surface area (Å²) in [6.45, 7) is 1.72. The Morgan fingerprint density at radius 2 is 2.39 bits per heavy atom. The zero-order valence-corrected chi connectivity index (χ0v) is 11.4. The highest BCUT2D eigenvalue weighted by Crippen LogP contribution is 2.40. The topological polar surface area (TPSA) is 54.0 Å². The SMILES string of the molecule is Cc1cc(F)c(Br)nc1NC(=O)[C@@H]1CC2C[C@H]2N1. The molecule has 2 fully saturated rings. The van der Waals surface area contributed by atoms with Crippen molar-refractivity contribution in [3.05, 3.63) is 22.1 Å². The molecule has 1 saturated carbocycles. The van der Waals surface area contributed by atoms with Crippen molar-refractivity contribution in [3.63, 3.8) is 0 Å². The predicted octanol–water partition coefficient (Wildman–Crippen LogP) is 1.98. The molecule has 2 heterocycles. The van der Waals surface area contributed by atoms with Crippen molar-refractivity contribution in [2.45, 2.75) is 31.8 Å². The van der Waals surface area contributed by atoms with Crippen LogP contribution in [0.1, 0.15) is 18.4 Å². The lowest BCUT2D eigenvalue weighted by Crippen LogP contribution is -2.38. The third-order valence-electron chi connectivity index (χ3n) is 3.56. The monoisotopic (exact) mass is 313 g/mol. The number of aryl methyl sites for hydroxylation is 1. The highest BCUT2D eigenvalue weighted by Gasteiger charge is 2.47. The first-order valence-electron chi connectivity index (χ1n) is 5.94. The maximum atomic E-state index is 13.2. The first kappa shape index (κ1) is 12.0. The maximum Gasteiger partial charge on any atom is 0.242 e. The molecule has 18 heavy (non-hydrogen) atoms. The average molecular weight is 314 g/mol. The number of hydrogen-bond donors (Lipinski definition) is 2. The Labute approximate surface area is 112 Å². The second kappa shape index (κ2) is 4.28. The Kier molecular flexibility index (Phi) is 2.86. The van der Waals surface area contributed by atoms with Gasteiger partial charge in [0.25, 0.3) is 0 Å². The summed E-state index contributed by atoms with van der Waals surface area (Å²) in [4.78, 5) is 16.0. The van der Waals surface area contributed by atoms with Crippen molar-refractivity contribution in [2.24, 2.45) is 5.92 Å². The molecule has 1 aromatic rings.